The molecular weight excluding hydrogens is 372 g/mol. The molecule has 8 nitrogen and oxygen atoms in total. The van der Waals surface area contributed by atoms with Crippen LogP contribution in [0.1, 0.15) is 47.0 Å². The lowest BCUT2D eigenvalue weighted by atomic mass is 10.1. The minimum absolute atomic E-state index is 0.278. The van der Waals surface area contributed by atoms with Crippen LogP contribution in [0.25, 0.3) is 0 Å². The van der Waals surface area contributed by atoms with E-state index in [0.29, 0.717) is 36.9 Å². The van der Waals surface area contributed by atoms with Gasteiger partial charge in [0.25, 0.3) is 0 Å². The van der Waals surface area contributed by atoms with E-state index in [1.54, 1.807) is 34.9 Å². The molecule has 1 amide bonds. The average Bonchev–Trinajstić information content (AvgIpc) is 3.45. The predicted molar refractivity (Wildman–Crippen MR) is 102 cm³/mol. The first-order valence-corrected chi connectivity index (χ1v) is 9.20. The Balaban J connectivity index is 1.46. The van der Waals surface area contributed by atoms with E-state index in [2.05, 4.69) is 22.0 Å². The van der Waals surface area contributed by atoms with E-state index in [1.165, 1.54) is 0 Å². The zero-order valence-electron chi connectivity index (χ0n) is 15.9. The molecule has 2 N–H and O–H groups in total. The number of benzene rings is 1. The number of rotatable bonds is 4. The van der Waals surface area contributed by atoms with Crippen molar-refractivity contribution in [3.8, 4) is 11.8 Å². The van der Waals surface area contributed by atoms with Gasteiger partial charge in [0.05, 0.1) is 6.54 Å². The molecule has 0 saturated carbocycles. The molecule has 1 aliphatic heterocycles. The van der Waals surface area contributed by atoms with Crippen molar-refractivity contribution in [1.82, 2.24) is 19.6 Å². The number of carbonyl (C=O) groups is 1. The summed E-state index contributed by atoms with van der Waals surface area (Å²) in [6.45, 7) is 2.60. The quantitative estimate of drug-likeness (QED) is 0.647. The molecule has 1 aliphatic rings. The summed E-state index contributed by atoms with van der Waals surface area (Å²) in [6, 6.07) is 7.56. The number of hydrogen-bond acceptors (Lipinski definition) is 6. The Morgan fingerprint density at radius 2 is 2.10 bits per heavy atom. The van der Waals surface area contributed by atoms with Gasteiger partial charge in [-0.1, -0.05) is 17.1 Å². The highest BCUT2D eigenvalue weighted by molar-refractivity contribution is 5.78. The predicted octanol–water partition coefficient (Wildman–Crippen LogP) is 1.21. The number of aliphatic hydroxyl groups is 2. The molecule has 0 spiro atoms. The number of aromatic nitrogens is 3. The van der Waals surface area contributed by atoms with Gasteiger partial charge in [0.1, 0.15) is 24.2 Å². The number of nitrogens with zero attached hydrogens (tertiary/aromatic N) is 4. The first-order chi connectivity index (χ1) is 14.0. The maximum absolute atomic E-state index is 11.7. The fraction of sp³-hybridized carbons (Fsp3) is 0.286. The Kier molecular flexibility index (Phi) is 5.16. The van der Waals surface area contributed by atoms with Gasteiger partial charge in [0.15, 0.2) is 0 Å². The van der Waals surface area contributed by atoms with Gasteiger partial charge in [0, 0.05) is 37.1 Å². The molecule has 148 valence electrons. The van der Waals surface area contributed by atoms with Crippen molar-refractivity contribution in [3.05, 3.63) is 70.6 Å². The van der Waals surface area contributed by atoms with Gasteiger partial charge >= 0.3 is 0 Å². The molecule has 3 aromatic rings. The van der Waals surface area contributed by atoms with E-state index in [9.17, 15) is 9.90 Å². The van der Waals surface area contributed by atoms with Crippen LogP contribution >= 0.6 is 0 Å². The zero-order chi connectivity index (χ0) is 20.4. The molecule has 0 bridgehead atoms. The summed E-state index contributed by atoms with van der Waals surface area (Å²) in [4.78, 5) is 17.4. The lowest BCUT2D eigenvalue weighted by Crippen LogP contribution is -2.27. The molecule has 0 unspecified atom stereocenters. The second-order valence-electron chi connectivity index (χ2n) is 6.91. The summed E-state index contributed by atoms with van der Waals surface area (Å²) >= 11 is 0. The Labute approximate surface area is 167 Å². The van der Waals surface area contributed by atoms with E-state index >= 15 is 0 Å². The van der Waals surface area contributed by atoms with E-state index in [-0.39, 0.29) is 5.91 Å². The molecule has 0 fully saturated rings. The molecule has 3 heterocycles. The summed E-state index contributed by atoms with van der Waals surface area (Å²) in [5, 5.41) is 22.8. The number of amides is 1. The van der Waals surface area contributed by atoms with E-state index in [0.717, 1.165) is 16.7 Å². The first-order valence-electron chi connectivity index (χ1n) is 9.20. The average molecular weight is 392 g/mol. The smallest absolute Gasteiger partial charge is 0.248 e. The van der Waals surface area contributed by atoms with Crippen molar-refractivity contribution in [2.45, 2.75) is 32.7 Å². The summed E-state index contributed by atoms with van der Waals surface area (Å²) in [5.41, 5.74) is 3.59. The lowest BCUT2D eigenvalue weighted by Gasteiger charge is -2.12. The minimum atomic E-state index is -0.667. The topological polar surface area (TPSA) is 105 Å². The number of carbonyl (C=O) groups excluding carboxylic acids is 1. The molecule has 1 aromatic carbocycles. The fourth-order valence-corrected chi connectivity index (χ4v) is 3.32. The van der Waals surface area contributed by atoms with Crippen molar-refractivity contribution >= 4 is 5.91 Å². The van der Waals surface area contributed by atoms with Crippen LogP contribution in [0.15, 0.2) is 41.2 Å². The van der Waals surface area contributed by atoms with E-state index in [4.69, 9.17) is 9.63 Å². The zero-order valence-corrected chi connectivity index (χ0v) is 15.9. The van der Waals surface area contributed by atoms with Gasteiger partial charge in [-0.15, -0.1) is 0 Å². The molecule has 0 aliphatic carbocycles. The van der Waals surface area contributed by atoms with Crippen LogP contribution < -0.4 is 0 Å². The Morgan fingerprint density at radius 3 is 2.90 bits per heavy atom. The third-order valence-electron chi connectivity index (χ3n) is 4.76. The highest BCUT2D eigenvalue weighted by Gasteiger charge is 2.22. The molecule has 4 rings (SSSR count). The van der Waals surface area contributed by atoms with Crippen LogP contribution in [0.4, 0.5) is 0 Å². The molecule has 0 radical (unpaired) electrons. The van der Waals surface area contributed by atoms with Crippen molar-refractivity contribution < 1.29 is 19.5 Å². The summed E-state index contributed by atoms with van der Waals surface area (Å²) < 4.78 is 7.10. The third-order valence-corrected chi connectivity index (χ3v) is 4.76. The summed E-state index contributed by atoms with van der Waals surface area (Å²) in [7, 11) is 0. The normalized spacial score (nSPS) is 13.7. The van der Waals surface area contributed by atoms with Gasteiger partial charge in [-0.05, 0) is 36.1 Å². The maximum atomic E-state index is 11.7. The SMILES string of the molecule is C[C@H](O)c1nccn1Cc1cc(C#Cc2ccc3c(c2)CN(C(=O)CO)C3)on1. The number of imidazole rings is 1. The minimum Gasteiger partial charge on any atom is -0.387 e. The molecule has 29 heavy (non-hydrogen) atoms. The Hall–Kier alpha value is -3.41. The van der Waals surface area contributed by atoms with Crippen molar-refractivity contribution in [2.24, 2.45) is 0 Å². The Morgan fingerprint density at radius 1 is 1.28 bits per heavy atom. The monoisotopic (exact) mass is 392 g/mol. The maximum Gasteiger partial charge on any atom is 0.248 e. The van der Waals surface area contributed by atoms with Gasteiger partial charge < -0.3 is 24.2 Å². The molecular formula is C21H20N4O4. The second kappa shape index (κ2) is 7.91. The highest BCUT2D eigenvalue weighted by atomic mass is 16.5. The molecule has 0 saturated heterocycles. The van der Waals surface area contributed by atoms with E-state index < -0.39 is 12.7 Å². The number of fused-ring (bicyclic) bond motifs is 1. The van der Waals surface area contributed by atoms with Crippen LogP contribution in [-0.4, -0.2) is 42.3 Å². The largest absolute Gasteiger partial charge is 0.387 e. The fourth-order valence-electron chi connectivity index (χ4n) is 3.32. The van der Waals surface area contributed by atoms with Gasteiger partial charge in [0.2, 0.25) is 11.7 Å². The standard InChI is InChI=1S/C21H20N4O4/c1-14(27)21-22-6-7-24(21)12-18-9-19(29-23-18)5-3-15-2-4-16-10-25(20(28)13-26)11-17(16)8-15/h2,4,6-9,14,26-27H,10-13H2,1H3/t14-/m0/s1. The number of hydrogen-bond donors (Lipinski definition) is 2. The molecule has 2 aromatic heterocycles. The number of aliphatic hydroxyl groups excluding tert-OH is 2. The molecule has 1 atom stereocenters. The van der Waals surface area contributed by atoms with Crippen LogP contribution in [0.2, 0.25) is 0 Å². The van der Waals surface area contributed by atoms with Gasteiger partial charge in [-0.2, -0.15) is 0 Å². The van der Waals surface area contributed by atoms with Crippen LogP contribution in [0, 0.1) is 11.8 Å². The van der Waals surface area contributed by atoms with Gasteiger partial charge in [-0.3, -0.25) is 4.79 Å². The van der Waals surface area contributed by atoms with Crippen LogP contribution in [0.3, 0.4) is 0 Å². The second-order valence-corrected chi connectivity index (χ2v) is 6.91. The Bertz CT molecular complexity index is 1100. The lowest BCUT2D eigenvalue weighted by molar-refractivity contribution is -0.134. The first kappa shape index (κ1) is 18.9. The van der Waals surface area contributed by atoms with E-state index in [1.807, 2.05) is 18.2 Å². The van der Waals surface area contributed by atoms with Gasteiger partial charge in [-0.25, -0.2) is 4.98 Å². The summed E-state index contributed by atoms with van der Waals surface area (Å²) in [5.74, 6) is 6.74. The molecule has 8 heteroatoms. The highest BCUT2D eigenvalue weighted by Crippen LogP contribution is 2.23. The van der Waals surface area contributed by atoms with Crippen molar-refractivity contribution in [2.75, 3.05) is 6.61 Å². The summed E-state index contributed by atoms with van der Waals surface area (Å²) in [6.07, 6.45) is 2.74. The van der Waals surface area contributed by atoms with Crippen LogP contribution in [-0.2, 0) is 24.4 Å². The van der Waals surface area contributed by atoms with Crippen molar-refractivity contribution in [1.29, 1.82) is 0 Å². The van der Waals surface area contributed by atoms with Crippen molar-refractivity contribution in [3.63, 3.8) is 0 Å². The third kappa shape index (κ3) is 4.06. The van der Waals surface area contributed by atoms with Crippen LogP contribution in [0.5, 0.6) is 0 Å².